The number of nitrogens with zero attached hydrogens (tertiary/aromatic N) is 1. The summed E-state index contributed by atoms with van der Waals surface area (Å²) in [4.78, 5) is 24.6. The van der Waals surface area contributed by atoms with Gasteiger partial charge in [0.15, 0.2) is 5.60 Å². The fraction of sp³-hybridized carbons (Fsp3) is 0.0714. The van der Waals surface area contributed by atoms with Crippen LogP contribution in [0.15, 0.2) is 109 Å². The third-order valence-corrected chi connectivity index (χ3v) is 6.88. The number of rotatable bonds is 4. The molecule has 196 valence electrons. The van der Waals surface area contributed by atoms with Gasteiger partial charge in [-0.1, -0.05) is 131 Å². The van der Waals surface area contributed by atoms with Gasteiger partial charge in [0.2, 0.25) is 3.79 Å². The molecule has 3 amide bonds. The summed E-state index contributed by atoms with van der Waals surface area (Å²) in [6.45, 7) is 0. The molecule has 0 aliphatic carbocycles. The minimum absolute atomic E-state index is 0.273. The lowest BCUT2D eigenvalue weighted by molar-refractivity contribution is 0.0852. The normalized spacial score (nSPS) is 11.2. The van der Waals surface area contributed by atoms with Crippen molar-refractivity contribution in [2.45, 2.75) is 9.39 Å². The number of aliphatic hydroxyl groups is 1. The van der Waals surface area contributed by atoms with Crippen molar-refractivity contribution in [3.63, 3.8) is 0 Å². The van der Waals surface area contributed by atoms with Crippen LogP contribution in [0.4, 0.5) is 10.5 Å². The van der Waals surface area contributed by atoms with Crippen molar-refractivity contribution in [3.05, 3.63) is 136 Å². The van der Waals surface area contributed by atoms with Crippen LogP contribution in [0, 0.1) is 0 Å². The third-order valence-electron chi connectivity index (χ3n) is 5.40. The molecule has 0 saturated heterocycles. The highest BCUT2D eigenvalue weighted by atomic mass is 35.6. The first kappa shape index (κ1) is 29.8. The molecule has 0 aromatic heterocycles. The Kier molecular flexibility index (Phi) is 10.1. The fourth-order valence-corrected chi connectivity index (χ4v) is 4.75. The van der Waals surface area contributed by atoms with Gasteiger partial charge < -0.3 is 10.8 Å². The van der Waals surface area contributed by atoms with Crippen LogP contribution in [0.5, 0.6) is 0 Å². The van der Waals surface area contributed by atoms with Crippen LogP contribution in [-0.2, 0) is 5.60 Å². The highest BCUT2D eigenvalue weighted by Gasteiger charge is 2.51. The van der Waals surface area contributed by atoms with E-state index in [9.17, 15) is 14.7 Å². The zero-order valence-corrected chi connectivity index (χ0v) is 23.4. The number of urea groups is 1. The number of halogens is 5. The van der Waals surface area contributed by atoms with E-state index in [1.807, 2.05) is 0 Å². The van der Waals surface area contributed by atoms with Crippen molar-refractivity contribution in [3.8, 4) is 0 Å². The molecule has 4 rings (SSSR count). The van der Waals surface area contributed by atoms with Crippen molar-refractivity contribution in [1.29, 1.82) is 0 Å². The Hall–Kier alpha value is -2.77. The number of alkyl halides is 3. The number of nitrogens with two attached hydrogens (primary N) is 1. The predicted molar refractivity (Wildman–Crippen MR) is 155 cm³/mol. The summed E-state index contributed by atoms with van der Waals surface area (Å²) in [5, 5.41) is 11.6. The molecule has 0 atom stereocenters. The Balaban J connectivity index is 0.000000212. The van der Waals surface area contributed by atoms with Crippen molar-refractivity contribution in [2.75, 3.05) is 4.90 Å². The standard InChI is InChI=1S/C14H9Cl5O.C14H12N2O2/c15-11-7-3-1-5-9(11)13(20,14(17,18)19)10-6-2-4-8-12(10)16;15-14(18)16(12-9-5-2-6-10-12)13(17)11-7-3-1-4-8-11/h1-8,20H;1-10H,(H2,15,18). The lowest BCUT2D eigenvalue weighted by Gasteiger charge is -2.36. The van der Waals surface area contributed by atoms with E-state index in [2.05, 4.69) is 0 Å². The van der Waals surface area contributed by atoms with Crippen LogP contribution in [-0.4, -0.2) is 20.8 Å². The van der Waals surface area contributed by atoms with Gasteiger partial charge in [-0.05, 0) is 36.4 Å². The van der Waals surface area contributed by atoms with Crippen molar-refractivity contribution in [2.24, 2.45) is 5.73 Å². The summed E-state index contributed by atoms with van der Waals surface area (Å²) in [7, 11) is 0. The van der Waals surface area contributed by atoms with Gasteiger partial charge in [0.25, 0.3) is 5.91 Å². The molecule has 3 N–H and O–H groups in total. The zero-order valence-electron chi connectivity index (χ0n) is 19.6. The van der Waals surface area contributed by atoms with E-state index in [4.69, 9.17) is 63.7 Å². The fourth-order valence-electron chi connectivity index (χ4n) is 3.59. The van der Waals surface area contributed by atoms with E-state index in [1.54, 1.807) is 109 Å². The maximum atomic E-state index is 12.2. The minimum Gasteiger partial charge on any atom is -0.376 e. The van der Waals surface area contributed by atoms with Gasteiger partial charge >= 0.3 is 6.03 Å². The van der Waals surface area contributed by atoms with Crippen LogP contribution in [0.3, 0.4) is 0 Å². The molecule has 5 nitrogen and oxygen atoms in total. The average molecular weight is 611 g/mol. The first-order chi connectivity index (χ1) is 18.0. The third kappa shape index (κ3) is 6.62. The number of hydrogen-bond acceptors (Lipinski definition) is 3. The number of anilines is 1. The molecule has 0 aliphatic heterocycles. The van der Waals surface area contributed by atoms with E-state index < -0.39 is 21.3 Å². The largest absolute Gasteiger partial charge is 0.376 e. The monoisotopic (exact) mass is 608 g/mol. The van der Waals surface area contributed by atoms with Gasteiger partial charge in [-0.2, -0.15) is 0 Å². The number of imide groups is 1. The minimum atomic E-state index is -2.05. The molecule has 4 aromatic rings. The number of primary amides is 1. The smallest absolute Gasteiger partial charge is 0.326 e. The van der Waals surface area contributed by atoms with Crippen LogP contribution in [0.2, 0.25) is 10.0 Å². The number of carbonyl (C=O) groups excluding carboxylic acids is 2. The van der Waals surface area contributed by atoms with Gasteiger partial charge in [-0.25, -0.2) is 9.69 Å². The van der Waals surface area contributed by atoms with E-state index in [0.717, 1.165) is 4.90 Å². The second-order valence-corrected chi connectivity index (χ2v) is 10.9. The first-order valence-corrected chi connectivity index (χ1v) is 12.9. The van der Waals surface area contributed by atoms with Gasteiger partial charge in [0.05, 0.1) is 5.69 Å². The van der Waals surface area contributed by atoms with Crippen molar-refractivity contribution < 1.29 is 14.7 Å². The second-order valence-electron chi connectivity index (χ2n) is 7.85. The Labute approximate surface area is 245 Å². The van der Waals surface area contributed by atoms with Gasteiger partial charge in [0, 0.05) is 26.7 Å². The number of para-hydroxylation sites is 1. The van der Waals surface area contributed by atoms with Gasteiger partial charge in [-0.3, -0.25) is 4.79 Å². The molecule has 0 fully saturated rings. The van der Waals surface area contributed by atoms with Gasteiger partial charge in [0.1, 0.15) is 0 Å². The molecule has 0 bridgehead atoms. The Morgan fingerprint density at radius 2 is 1.05 bits per heavy atom. The maximum absolute atomic E-state index is 12.2. The summed E-state index contributed by atoms with van der Waals surface area (Å²) in [6, 6.07) is 29.6. The number of hydrogen-bond donors (Lipinski definition) is 2. The summed E-state index contributed by atoms with van der Waals surface area (Å²) in [5.41, 5.74) is 4.73. The quantitative estimate of drug-likeness (QED) is 0.230. The van der Waals surface area contributed by atoms with E-state index in [1.165, 1.54) is 0 Å². The zero-order chi connectivity index (χ0) is 27.9. The Morgan fingerprint density at radius 3 is 1.45 bits per heavy atom. The van der Waals surface area contributed by atoms with Crippen LogP contribution >= 0.6 is 58.0 Å². The Morgan fingerprint density at radius 1 is 0.658 bits per heavy atom. The lowest BCUT2D eigenvalue weighted by Crippen LogP contribution is -2.41. The molecule has 0 aliphatic rings. The average Bonchev–Trinajstić information content (AvgIpc) is 2.89. The topological polar surface area (TPSA) is 83.6 Å². The molecule has 0 radical (unpaired) electrons. The maximum Gasteiger partial charge on any atom is 0.326 e. The molecule has 0 heterocycles. The number of amides is 3. The number of benzene rings is 4. The van der Waals surface area contributed by atoms with E-state index in [-0.39, 0.29) is 21.2 Å². The lowest BCUT2D eigenvalue weighted by atomic mass is 9.87. The Bertz CT molecular complexity index is 1350. The highest BCUT2D eigenvalue weighted by molar-refractivity contribution is 6.68. The van der Waals surface area contributed by atoms with Crippen LogP contribution < -0.4 is 10.6 Å². The second kappa shape index (κ2) is 12.9. The van der Waals surface area contributed by atoms with Crippen LogP contribution in [0.1, 0.15) is 21.5 Å². The molecule has 4 aromatic carbocycles. The molecule has 0 unspecified atom stereocenters. The summed E-state index contributed by atoms with van der Waals surface area (Å²) < 4.78 is -2.05. The molecular formula is C28H21Cl5N2O3. The molecule has 38 heavy (non-hydrogen) atoms. The predicted octanol–water partition coefficient (Wildman–Crippen LogP) is 8.01. The van der Waals surface area contributed by atoms with Crippen molar-refractivity contribution >= 4 is 75.6 Å². The summed E-state index contributed by atoms with van der Waals surface area (Å²) in [5.74, 6) is -0.436. The highest BCUT2D eigenvalue weighted by Crippen LogP contribution is 2.52. The van der Waals surface area contributed by atoms with Crippen LogP contribution in [0.25, 0.3) is 0 Å². The molecule has 0 spiro atoms. The molecule has 10 heteroatoms. The number of carbonyl (C=O) groups is 2. The SMILES string of the molecule is NC(=O)N(C(=O)c1ccccc1)c1ccccc1.OC(c1ccccc1Cl)(c1ccccc1Cl)C(Cl)(Cl)Cl. The van der Waals surface area contributed by atoms with Crippen molar-refractivity contribution in [1.82, 2.24) is 0 Å². The van der Waals surface area contributed by atoms with Gasteiger partial charge in [-0.15, -0.1) is 0 Å². The van der Waals surface area contributed by atoms with E-state index in [0.29, 0.717) is 11.3 Å². The van der Waals surface area contributed by atoms with E-state index >= 15 is 0 Å². The first-order valence-electron chi connectivity index (χ1n) is 11.0. The summed E-state index contributed by atoms with van der Waals surface area (Å²) >= 11 is 30.3. The molecule has 0 saturated carbocycles. The summed E-state index contributed by atoms with van der Waals surface area (Å²) in [6.07, 6.45) is 0. The molecular weight excluding hydrogens is 590 g/mol.